The van der Waals surface area contributed by atoms with Gasteiger partial charge >= 0.3 is 0 Å². The Kier molecular flexibility index (Phi) is 5.17. The molecule has 1 aromatic heterocycles. The van der Waals surface area contributed by atoms with Gasteiger partial charge in [0.05, 0.1) is 12.0 Å². The maximum Gasteiger partial charge on any atom is 0.137 e. The lowest BCUT2D eigenvalue weighted by atomic mass is 10.1. The molecule has 0 spiro atoms. The predicted molar refractivity (Wildman–Crippen MR) is 69.1 cm³/mol. The Balaban J connectivity index is 2.96. The van der Waals surface area contributed by atoms with Crippen molar-refractivity contribution in [1.29, 1.82) is 5.26 Å². The van der Waals surface area contributed by atoms with Crippen LogP contribution in [0.5, 0.6) is 0 Å². The molecule has 0 saturated carbocycles. The summed E-state index contributed by atoms with van der Waals surface area (Å²) < 4.78 is 0. The van der Waals surface area contributed by atoms with E-state index in [-0.39, 0.29) is 5.92 Å². The fourth-order valence-corrected chi connectivity index (χ4v) is 1.94. The predicted octanol–water partition coefficient (Wildman–Crippen LogP) is 2.68. The Bertz CT molecular complexity index is 413. The van der Waals surface area contributed by atoms with Crippen LogP contribution >= 0.6 is 11.6 Å². The zero-order valence-corrected chi connectivity index (χ0v) is 11.2. The summed E-state index contributed by atoms with van der Waals surface area (Å²) >= 11 is 6.08. The van der Waals surface area contributed by atoms with Gasteiger partial charge in [-0.25, -0.2) is 9.97 Å². The quantitative estimate of drug-likeness (QED) is 0.756. The molecule has 5 heteroatoms. The molecular weight excluding hydrogens is 236 g/mol. The molecule has 1 heterocycles. The summed E-state index contributed by atoms with van der Waals surface area (Å²) in [5, 5.41) is 9.33. The maximum atomic E-state index is 8.82. The van der Waals surface area contributed by atoms with Gasteiger partial charge in [-0.1, -0.05) is 24.9 Å². The van der Waals surface area contributed by atoms with Gasteiger partial charge in [0.2, 0.25) is 0 Å². The minimum absolute atomic E-state index is 0.0387. The number of nitrogens with zero attached hydrogens (tertiary/aromatic N) is 4. The van der Waals surface area contributed by atoms with E-state index in [9.17, 15) is 0 Å². The molecular formula is C12H17ClN4. The van der Waals surface area contributed by atoms with Crippen LogP contribution in [0.1, 0.15) is 25.8 Å². The van der Waals surface area contributed by atoms with Crippen molar-refractivity contribution in [3.63, 3.8) is 0 Å². The van der Waals surface area contributed by atoms with E-state index in [2.05, 4.69) is 23.0 Å². The van der Waals surface area contributed by atoms with E-state index in [0.717, 1.165) is 24.2 Å². The van der Waals surface area contributed by atoms with Crippen LogP contribution in [0.2, 0.25) is 5.15 Å². The summed E-state index contributed by atoms with van der Waals surface area (Å²) in [4.78, 5) is 10.2. The number of hydrogen-bond donors (Lipinski definition) is 0. The van der Waals surface area contributed by atoms with Crippen LogP contribution in [0.25, 0.3) is 0 Å². The van der Waals surface area contributed by atoms with Gasteiger partial charge in [0.25, 0.3) is 0 Å². The molecule has 0 aliphatic rings. The highest BCUT2D eigenvalue weighted by Crippen LogP contribution is 2.24. The highest BCUT2D eigenvalue weighted by atomic mass is 35.5. The smallest absolute Gasteiger partial charge is 0.137 e. The number of aromatic nitrogens is 2. The lowest BCUT2D eigenvalue weighted by Crippen LogP contribution is -2.25. The molecule has 17 heavy (non-hydrogen) atoms. The van der Waals surface area contributed by atoms with Crippen LogP contribution in [-0.4, -0.2) is 23.6 Å². The normalized spacial score (nSPS) is 11.9. The van der Waals surface area contributed by atoms with Crippen LogP contribution in [0, 0.1) is 17.2 Å². The number of halogens is 1. The fourth-order valence-electron chi connectivity index (χ4n) is 1.71. The van der Waals surface area contributed by atoms with Gasteiger partial charge in [-0.3, -0.25) is 0 Å². The summed E-state index contributed by atoms with van der Waals surface area (Å²) in [6.45, 7) is 4.62. The van der Waals surface area contributed by atoms with Crippen molar-refractivity contribution in [2.24, 2.45) is 5.92 Å². The second-order valence-electron chi connectivity index (χ2n) is 4.13. The fraction of sp³-hybridized carbons (Fsp3) is 0.583. The molecule has 0 aromatic carbocycles. The first-order valence-electron chi connectivity index (χ1n) is 5.70. The number of nitriles is 1. The average molecular weight is 253 g/mol. The van der Waals surface area contributed by atoms with Crippen LogP contribution in [0.3, 0.4) is 0 Å². The van der Waals surface area contributed by atoms with Gasteiger partial charge in [-0.05, 0) is 13.3 Å². The Labute approximate surface area is 107 Å². The van der Waals surface area contributed by atoms with Crippen LogP contribution in [-0.2, 0) is 6.42 Å². The standard InChI is InChI=1S/C12H17ClN4/c1-4-5-10-11(13)15-8-16-12(10)17(3)7-9(2)6-14/h8-9H,4-5,7H2,1-3H3. The lowest BCUT2D eigenvalue weighted by Gasteiger charge is -2.22. The topological polar surface area (TPSA) is 52.8 Å². The van der Waals surface area contributed by atoms with Crippen LogP contribution < -0.4 is 4.90 Å². The molecule has 0 aliphatic carbocycles. The van der Waals surface area contributed by atoms with Crippen molar-refractivity contribution < 1.29 is 0 Å². The van der Waals surface area contributed by atoms with E-state index in [0.29, 0.717) is 11.7 Å². The molecule has 1 atom stereocenters. The van der Waals surface area contributed by atoms with Crippen LogP contribution in [0.4, 0.5) is 5.82 Å². The van der Waals surface area contributed by atoms with Crippen molar-refractivity contribution in [1.82, 2.24) is 9.97 Å². The highest BCUT2D eigenvalue weighted by Gasteiger charge is 2.14. The van der Waals surface area contributed by atoms with Gasteiger partial charge in [0, 0.05) is 19.2 Å². The largest absolute Gasteiger partial charge is 0.358 e. The third kappa shape index (κ3) is 3.57. The third-order valence-corrected chi connectivity index (χ3v) is 2.83. The van der Waals surface area contributed by atoms with Crippen molar-refractivity contribution in [2.75, 3.05) is 18.5 Å². The zero-order chi connectivity index (χ0) is 12.8. The van der Waals surface area contributed by atoms with E-state index in [4.69, 9.17) is 16.9 Å². The first-order valence-corrected chi connectivity index (χ1v) is 6.08. The van der Waals surface area contributed by atoms with E-state index >= 15 is 0 Å². The van der Waals surface area contributed by atoms with Gasteiger partial charge in [0.1, 0.15) is 17.3 Å². The summed E-state index contributed by atoms with van der Waals surface area (Å²) in [6.07, 6.45) is 3.30. The molecule has 0 radical (unpaired) electrons. The Morgan fingerprint density at radius 2 is 2.24 bits per heavy atom. The van der Waals surface area contributed by atoms with Gasteiger partial charge in [0.15, 0.2) is 0 Å². The SMILES string of the molecule is CCCc1c(Cl)ncnc1N(C)CC(C)C#N. The first-order chi connectivity index (χ1) is 8.10. The maximum absolute atomic E-state index is 8.82. The molecule has 0 saturated heterocycles. The van der Waals surface area contributed by atoms with Crippen molar-refractivity contribution in [3.8, 4) is 6.07 Å². The summed E-state index contributed by atoms with van der Waals surface area (Å²) in [5.41, 5.74) is 0.962. The minimum Gasteiger partial charge on any atom is -0.358 e. The molecule has 0 N–H and O–H groups in total. The summed E-state index contributed by atoms with van der Waals surface area (Å²) in [7, 11) is 1.92. The molecule has 0 amide bonds. The number of hydrogen-bond acceptors (Lipinski definition) is 4. The molecule has 0 bridgehead atoms. The van der Waals surface area contributed by atoms with Gasteiger partial charge in [-0.2, -0.15) is 5.26 Å². The van der Waals surface area contributed by atoms with Crippen molar-refractivity contribution in [3.05, 3.63) is 17.0 Å². The zero-order valence-electron chi connectivity index (χ0n) is 10.4. The Morgan fingerprint density at radius 1 is 1.53 bits per heavy atom. The molecule has 1 unspecified atom stereocenters. The molecule has 0 fully saturated rings. The average Bonchev–Trinajstić information content (AvgIpc) is 2.31. The Hall–Kier alpha value is -1.34. The van der Waals surface area contributed by atoms with E-state index < -0.39 is 0 Å². The van der Waals surface area contributed by atoms with Gasteiger partial charge in [-0.15, -0.1) is 0 Å². The molecule has 4 nitrogen and oxygen atoms in total. The molecule has 0 aliphatic heterocycles. The highest BCUT2D eigenvalue weighted by molar-refractivity contribution is 6.30. The van der Waals surface area contributed by atoms with Crippen molar-refractivity contribution in [2.45, 2.75) is 26.7 Å². The van der Waals surface area contributed by atoms with Gasteiger partial charge < -0.3 is 4.90 Å². The third-order valence-electron chi connectivity index (χ3n) is 2.50. The molecule has 92 valence electrons. The molecule has 1 rings (SSSR count). The number of anilines is 1. The van der Waals surface area contributed by atoms with E-state index in [1.165, 1.54) is 6.33 Å². The lowest BCUT2D eigenvalue weighted by molar-refractivity contribution is 0.704. The first kappa shape index (κ1) is 13.7. The Morgan fingerprint density at radius 3 is 2.82 bits per heavy atom. The van der Waals surface area contributed by atoms with E-state index in [1.54, 1.807) is 0 Å². The minimum atomic E-state index is -0.0387. The monoisotopic (exact) mass is 252 g/mol. The van der Waals surface area contributed by atoms with Crippen LogP contribution in [0.15, 0.2) is 6.33 Å². The van der Waals surface area contributed by atoms with Crippen molar-refractivity contribution >= 4 is 17.4 Å². The second-order valence-corrected chi connectivity index (χ2v) is 4.49. The molecule has 1 aromatic rings. The summed E-state index contributed by atoms with van der Waals surface area (Å²) in [5.74, 6) is 0.789. The second kappa shape index (κ2) is 6.41. The van der Waals surface area contributed by atoms with E-state index in [1.807, 2.05) is 18.9 Å². The summed E-state index contributed by atoms with van der Waals surface area (Å²) in [6, 6.07) is 2.21. The number of rotatable bonds is 5.